The van der Waals surface area contributed by atoms with E-state index < -0.39 is 11.5 Å². The van der Waals surface area contributed by atoms with Gasteiger partial charge in [-0.3, -0.25) is 10.1 Å². The molecule has 0 spiro atoms. The number of benzene rings is 1. The minimum atomic E-state index is -0.804. The number of nitrogens with one attached hydrogen (secondary N) is 2. The van der Waals surface area contributed by atoms with E-state index in [1.807, 2.05) is 37.3 Å². The van der Waals surface area contributed by atoms with Gasteiger partial charge in [0.2, 0.25) is 0 Å². The molecular weight excluding hydrogens is 228 g/mol. The van der Waals surface area contributed by atoms with E-state index in [-0.39, 0.29) is 5.92 Å². The van der Waals surface area contributed by atoms with Crippen molar-refractivity contribution >= 4 is 5.97 Å². The summed E-state index contributed by atoms with van der Waals surface area (Å²) in [5.74, 6) is -0.667. The van der Waals surface area contributed by atoms with Crippen LogP contribution in [-0.2, 0) is 11.3 Å². The molecule has 0 radical (unpaired) electrons. The first-order chi connectivity index (χ1) is 8.65. The standard InChI is InChI=1S/C14H20N2O2/c1-11-9-15-8-7-14(11,13(17)18)16-10-12-5-3-2-4-6-12/h2-6,11,15-16H,7-10H2,1H3,(H,17,18). The van der Waals surface area contributed by atoms with Crippen LogP contribution in [-0.4, -0.2) is 29.7 Å². The number of carbonyl (C=O) groups is 1. The van der Waals surface area contributed by atoms with Crippen molar-refractivity contribution in [2.24, 2.45) is 5.92 Å². The lowest BCUT2D eigenvalue weighted by molar-refractivity contribution is -0.148. The molecule has 1 aliphatic heterocycles. The van der Waals surface area contributed by atoms with Gasteiger partial charge in [0, 0.05) is 13.1 Å². The zero-order chi connectivity index (χ0) is 13.0. The predicted molar refractivity (Wildman–Crippen MR) is 70.3 cm³/mol. The second kappa shape index (κ2) is 5.50. The highest BCUT2D eigenvalue weighted by atomic mass is 16.4. The third-order valence-corrected chi connectivity index (χ3v) is 3.82. The summed E-state index contributed by atoms with van der Waals surface area (Å²) in [4.78, 5) is 11.6. The Balaban J connectivity index is 2.09. The average molecular weight is 248 g/mol. The van der Waals surface area contributed by atoms with Gasteiger partial charge in [-0.15, -0.1) is 0 Å². The number of carboxylic acid groups (broad SMARTS) is 1. The molecule has 18 heavy (non-hydrogen) atoms. The van der Waals surface area contributed by atoms with Crippen molar-refractivity contribution in [1.82, 2.24) is 10.6 Å². The van der Waals surface area contributed by atoms with E-state index in [4.69, 9.17) is 0 Å². The Morgan fingerprint density at radius 2 is 2.22 bits per heavy atom. The average Bonchev–Trinajstić information content (AvgIpc) is 2.39. The second-order valence-electron chi connectivity index (χ2n) is 4.97. The topological polar surface area (TPSA) is 61.4 Å². The largest absolute Gasteiger partial charge is 0.480 e. The van der Waals surface area contributed by atoms with Crippen LogP contribution in [0.5, 0.6) is 0 Å². The van der Waals surface area contributed by atoms with Gasteiger partial charge in [-0.2, -0.15) is 0 Å². The first-order valence-electron chi connectivity index (χ1n) is 6.38. The predicted octanol–water partition coefficient (Wildman–Crippen LogP) is 1.23. The maximum atomic E-state index is 11.6. The molecule has 1 fully saturated rings. The fourth-order valence-corrected chi connectivity index (χ4v) is 2.54. The molecule has 2 rings (SSSR count). The van der Waals surface area contributed by atoms with Crippen LogP contribution in [0.4, 0.5) is 0 Å². The third kappa shape index (κ3) is 2.54. The van der Waals surface area contributed by atoms with Gasteiger partial charge in [-0.1, -0.05) is 37.3 Å². The highest BCUT2D eigenvalue weighted by molar-refractivity contribution is 5.79. The molecule has 2 atom stereocenters. The third-order valence-electron chi connectivity index (χ3n) is 3.82. The molecule has 0 bridgehead atoms. The summed E-state index contributed by atoms with van der Waals surface area (Å²) >= 11 is 0. The Morgan fingerprint density at radius 1 is 1.50 bits per heavy atom. The number of hydrogen-bond donors (Lipinski definition) is 3. The van der Waals surface area contributed by atoms with E-state index in [0.717, 1.165) is 18.7 Å². The quantitative estimate of drug-likeness (QED) is 0.750. The Hall–Kier alpha value is -1.39. The minimum Gasteiger partial charge on any atom is -0.480 e. The Bertz CT molecular complexity index is 408. The summed E-state index contributed by atoms with van der Waals surface area (Å²) in [7, 11) is 0. The molecular formula is C14H20N2O2. The highest BCUT2D eigenvalue weighted by Crippen LogP contribution is 2.25. The van der Waals surface area contributed by atoms with E-state index in [2.05, 4.69) is 10.6 Å². The first-order valence-corrected chi connectivity index (χ1v) is 6.38. The fraction of sp³-hybridized carbons (Fsp3) is 0.500. The summed E-state index contributed by atoms with van der Waals surface area (Å²) in [6, 6.07) is 9.92. The van der Waals surface area contributed by atoms with Crippen LogP contribution in [0.2, 0.25) is 0 Å². The summed E-state index contributed by atoms with van der Waals surface area (Å²) < 4.78 is 0. The van der Waals surface area contributed by atoms with Gasteiger partial charge >= 0.3 is 5.97 Å². The molecule has 4 heteroatoms. The fourth-order valence-electron chi connectivity index (χ4n) is 2.54. The normalized spacial score (nSPS) is 27.9. The van der Waals surface area contributed by atoms with Crippen LogP contribution in [0.15, 0.2) is 30.3 Å². The molecule has 0 saturated carbocycles. The molecule has 1 saturated heterocycles. The first kappa shape index (κ1) is 13.1. The lowest BCUT2D eigenvalue weighted by Gasteiger charge is -2.40. The molecule has 1 aromatic carbocycles. The summed E-state index contributed by atoms with van der Waals surface area (Å²) in [5.41, 5.74) is 0.310. The molecule has 0 aromatic heterocycles. The van der Waals surface area contributed by atoms with Crippen molar-refractivity contribution in [2.45, 2.75) is 25.4 Å². The minimum absolute atomic E-state index is 0.0764. The lowest BCUT2D eigenvalue weighted by atomic mass is 9.79. The van der Waals surface area contributed by atoms with Gasteiger partial charge in [-0.25, -0.2) is 0 Å². The zero-order valence-electron chi connectivity index (χ0n) is 10.6. The monoisotopic (exact) mass is 248 g/mol. The number of aliphatic carboxylic acids is 1. The zero-order valence-corrected chi connectivity index (χ0v) is 10.6. The number of rotatable bonds is 4. The highest BCUT2D eigenvalue weighted by Gasteiger charge is 2.44. The lowest BCUT2D eigenvalue weighted by Crippen LogP contribution is -2.62. The maximum Gasteiger partial charge on any atom is 0.324 e. The van der Waals surface area contributed by atoms with E-state index in [0.29, 0.717) is 13.0 Å². The van der Waals surface area contributed by atoms with Gasteiger partial charge in [0.1, 0.15) is 5.54 Å². The molecule has 0 aliphatic carbocycles. The molecule has 1 aromatic rings. The van der Waals surface area contributed by atoms with Crippen LogP contribution in [0.3, 0.4) is 0 Å². The second-order valence-corrected chi connectivity index (χ2v) is 4.97. The summed E-state index contributed by atoms with van der Waals surface area (Å²) in [6.07, 6.45) is 0.621. The van der Waals surface area contributed by atoms with Gasteiger partial charge < -0.3 is 10.4 Å². The van der Waals surface area contributed by atoms with Crippen molar-refractivity contribution in [2.75, 3.05) is 13.1 Å². The van der Waals surface area contributed by atoms with Crippen LogP contribution in [0.25, 0.3) is 0 Å². The summed E-state index contributed by atoms with van der Waals surface area (Å²) in [6.45, 7) is 4.07. The number of hydrogen-bond acceptors (Lipinski definition) is 3. The number of carboxylic acids is 1. The van der Waals surface area contributed by atoms with Crippen LogP contribution in [0, 0.1) is 5.92 Å². The van der Waals surface area contributed by atoms with Crippen molar-refractivity contribution in [3.63, 3.8) is 0 Å². The van der Waals surface area contributed by atoms with Crippen LogP contribution < -0.4 is 10.6 Å². The van der Waals surface area contributed by atoms with Crippen molar-refractivity contribution in [1.29, 1.82) is 0 Å². The Labute approximate surface area is 107 Å². The van der Waals surface area contributed by atoms with E-state index >= 15 is 0 Å². The Morgan fingerprint density at radius 3 is 2.83 bits per heavy atom. The molecule has 3 N–H and O–H groups in total. The van der Waals surface area contributed by atoms with Gasteiger partial charge in [0.15, 0.2) is 0 Å². The van der Waals surface area contributed by atoms with Gasteiger partial charge in [0.05, 0.1) is 0 Å². The van der Waals surface area contributed by atoms with E-state index in [1.165, 1.54) is 0 Å². The maximum absolute atomic E-state index is 11.6. The van der Waals surface area contributed by atoms with Crippen molar-refractivity contribution in [3.05, 3.63) is 35.9 Å². The van der Waals surface area contributed by atoms with Crippen molar-refractivity contribution in [3.8, 4) is 0 Å². The van der Waals surface area contributed by atoms with Gasteiger partial charge in [0.25, 0.3) is 0 Å². The molecule has 98 valence electrons. The van der Waals surface area contributed by atoms with E-state index in [9.17, 15) is 9.90 Å². The molecule has 0 amide bonds. The molecule has 4 nitrogen and oxygen atoms in total. The Kier molecular flexibility index (Phi) is 3.99. The van der Waals surface area contributed by atoms with Crippen LogP contribution in [0.1, 0.15) is 18.9 Å². The van der Waals surface area contributed by atoms with Crippen LogP contribution >= 0.6 is 0 Å². The SMILES string of the molecule is CC1CNCCC1(NCc1ccccc1)C(=O)O. The summed E-state index contributed by atoms with van der Waals surface area (Å²) in [5, 5.41) is 16.0. The smallest absolute Gasteiger partial charge is 0.324 e. The molecule has 1 aliphatic rings. The number of piperidine rings is 1. The van der Waals surface area contributed by atoms with E-state index in [1.54, 1.807) is 0 Å². The van der Waals surface area contributed by atoms with Gasteiger partial charge in [-0.05, 0) is 24.4 Å². The molecule has 1 heterocycles. The molecule has 2 unspecified atom stereocenters. The van der Waals surface area contributed by atoms with Crippen molar-refractivity contribution < 1.29 is 9.90 Å².